The van der Waals surface area contributed by atoms with Crippen LogP contribution in [0.25, 0.3) is 0 Å². The second kappa shape index (κ2) is 13.7. The van der Waals surface area contributed by atoms with Crippen molar-refractivity contribution >= 4 is 12.0 Å². The lowest BCUT2D eigenvalue weighted by Gasteiger charge is -2.39. The Bertz CT molecular complexity index is 1000. The molecule has 1 saturated heterocycles. The van der Waals surface area contributed by atoms with Crippen LogP contribution in [0, 0.1) is 5.92 Å². The van der Waals surface area contributed by atoms with E-state index in [9.17, 15) is 9.59 Å². The molecule has 2 aromatic carbocycles. The first-order valence-corrected chi connectivity index (χ1v) is 12.7. The van der Waals surface area contributed by atoms with Crippen molar-refractivity contribution in [3.05, 3.63) is 53.6 Å². The zero-order valence-electron chi connectivity index (χ0n) is 22.5. The van der Waals surface area contributed by atoms with E-state index in [1.807, 2.05) is 32.0 Å². The molecule has 202 valence electrons. The van der Waals surface area contributed by atoms with Crippen molar-refractivity contribution in [2.75, 3.05) is 54.1 Å². The second-order valence-corrected chi connectivity index (χ2v) is 9.01. The fraction of sp³-hybridized carbons (Fsp3) is 0.500. The van der Waals surface area contributed by atoms with E-state index in [0.29, 0.717) is 42.4 Å². The Balaban J connectivity index is 1.76. The van der Waals surface area contributed by atoms with Crippen LogP contribution in [0.15, 0.2) is 42.5 Å². The Labute approximate surface area is 219 Å². The Morgan fingerprint density at radius 1 is 1.00 bits per heavy atom. The summed E-state index contributed by atoms with van der Waals surface area (Å²) in [5.41, 5.74) is 1.63. The maximum Gasteiger partial charge on any atom is 0.409 e. The number of hydrogen-bond acceptors (Lipinski definition) is 7. The molecule has 2 amide bonds. The van der Waals surface area contributed by atoms with Crippen LogP contribution in [0.3, 0.4) is 0 Å². The van der Waals surface area contributed by atoms with E-state index >= 15 is 0 Å². The quantitative estimate of drug-likeness (QED) is 0.489. The third kappa shape index (κ3) is 7.29. The maximum absolute atomic E-state index is 13.3. The van der Waals surface area contributed by atoms with Crippen LogP contribution in [0.4, 0.5) is 4.79 Å². The zero-order valence-corrected chi connectivity index (χ0v) is 22.5. The number of likely N-dealkylation sites (tertiary alicyclic amines) is 1. The number of rotatable bonds is 11. The first kappa shape index (κ1) is 28.1. The standard InChI is InChI=1S/C28H39N3O6/c1-6-31(7-2)28(33)37-19-22-18-30(17-20-11-9-8-10-12-20)14-13-23(22)29-27(32)21-15-24(34-3)26(36-5)25(16-21)35-4/h8-12,15-16,22-23H,6-7,13-14,17-19H2,1-5H3,(H,29,32)/t22-,23-/m0/s1. The summed E-state index contributed by atoms with van der Waals surface area (Å²) >= 11 is 0. The molecule has 1 heterocycles. The van der Waals surface area contributed by atoms with Gasteiger partial charge < -0.3 is 29.2 Å². The minimum absolute atomic E-state index is 0.0667. The SMILES string of the molecule is CCN(CC)C(=O)OC[C@@H]1CN(Cc2ccccc2)CC[C@@H]1NC(=O)c1cc(OC)c(OC)c(OC)c1. The molecule has 1 N–H and O–H groups in total. The van der Waals surface area contributed by atoms with Crippen molar-refractivity contribution in [2.24, 2.45) is 5.92 Å². The molecule has 0 aromatic heterocycles. The molecule has 0 bridgehead atoms. The molecule has 0 saturated carbocycles. The normalized spacial score (nSPS) is 17.5. The van der Waals surface area contributed by atoms with Crippen LogP contribution in [-0.2, 0) is 11.3 Å². The third-order valence-electron chi connectivity index (χ3n) is 6.75. The van der Waals surface area contributed by atoms with Gasteiger partial charge in [-0.3, -0.25) is 9.69 Å². The number of carbonyl (C=O) groups is 2. The number of nitrogens with one attached hydrogen (secondary N) is 1. The molecule has 9 nitrogen and oxygen atoms in total. The zero-order chi connectivity index (χ0) is 26.8. The summed E-state index contributed by atoms with van der Waals surface area (Å²) < 4.78 is 21.9. The molecule has 0 unspecified atom stereocenters. The van der Waals surface area contributed by atoms with Crippen molar-refractivity contribution in [2.45, 2.75) is 32.9 Å². The van der Waals surface area contributed by atoms with Gasteiger partial charge in [0.05, 0.1) is 27.9 Å². The lowest BCUT2D eigenvalue weighted by Crippen LogP contribution is -2.52. The molecular formula is C28H39N3O6. The smallest absolute Gasteiger partial charge is 0.409 e. The van der Waals surface area contributed by atoms with E-state index in [0.717, 1.165) is 19.5 Å². The predicted octanol–water partition coefficient (Wildman–Crippen LogP) is 3.81. The lowest BCUT2D eigenvalue weighted by atomic mass is 9.92. The average Bonchev–Trinajstić information content (AvgIpc) is 2.93. The maximum atomic E-state index is 13.3. The van der Waals surface area contributed by atoms with E-state index in [1.54, 1.807) is 17.0 Å². The van der Waals surface area contributed by atoms with E-state index in [2.05, 4.69) is 22.3 Å². The van der Waals surface area contributed by atoms with Gasteiger partial charge >= 0.3 is 6.09 Å². The summed E-state index contributed by atoms with van der Waals surface area (Å²) in [6, 6.07) is 13.4. The number of hydrogen-bond donors (Lipinski definition) is 1. The molecule has 0 spiro atoms. The van der Waals surface area contributed by atoms with Gasteiger partial charge in [-0.25, -0.2) is 4.79 Å². The first-order chi connectivity index (χ1) is 17.9. The van der Waals surface area contributed by atoms with Crippen molar-refractivity contribution in [3.8, 4) is 17.2 Å². The van der Waals surface area contributed by atoms with Crippen molar-refractivity contribution < 1.29 is 28.5 Å². The highest BCUT2D eigenvalue weighted by Crippen LogP contribution is 2.38. The van der Waals surface area contributed by atoms with Crippen LogP contribution in [0.1, 0.15) is 36.2 Å². The number of methoxy groups -OCH3 is 3. The minimum atomic E-state index is -0.333. The minimum Gasteiger partial charge on any atom is -0.493 e. The van der Waals surface area contributed by atoms with Crippen molar-refractivity contribution in [3.63, 3.8) is 0 Å². The highest BCUT2D eigenvalue weighted by molar-refractivity contribution is 5.95. The van der Waals surface area contributed by atoms with Crippen LogP contribution < -0.4 is 19.5 Å². The fourth-order valence-corrected chi connectivity index (χ4v) is 4.67. The highest BCUT2D eigenvalue weighted by Gasteiger charge is 2.32. The van der Waals surface area contributed by atoms with E-state index in [4.69, 9.17) is 18.9 Å². The van der Waals surface area contributed by atoms with Crippen LogP contribution in [-0.4, -0.2) is 82.0 Å². The molecule has 1 aliphatic rings. The van der Waals surface area contributed by atoms with Crippen LogP contribution in [0.5, 0.6) is 17.2 Å². The first-order valence-electron chi connectivity index (χ1n) is 12.7. The average molecular weight is 514 g/mol. The van der Waals surface area contributed by atoms with Gasteiger partial charge in [-0.05, 0) is 38.0 Å². The van der Waals surface area contributed by atoms with Gasteiger partial charge in [0, 0.05) is 50.2 Å². The Hall–Kier alpha value is -3.46. The lowest BCUT2D eigenvalue weighted by molar-refractivity contribution is 0.0483. The van der Waals surface area contributed by atoms with Gasteiger partial charge in [-0.2, -0.15) is 0 Å². The van der Waals surface area contributed by atoms with Gasteiger partial charge in [0.15, 0.2) is 11.5 Å². The molecule has 2 aromatic rings. The molecule has 0 radical (unpaired) electrons. The van der Waals surface area contributed by atoms with Crippen molar-refractivity contribution in [1.29, 1.82) is 0 Å². The summed E-state index contributed by atoms with van der Waals surface area (Å²) in [5.74, 6) is 0.935. The van der Waals surface area contributed by atoms with Crippen molar-refractivity contribution in [1.82, 2.24) is 15.1 Å². The van der Waals surface area contributed by atoms with Gasteiger partial charge in [0.2, 0.25) is 5.75 Å². The molecular weight excluding hydrogens is 474 g/mol. The summed E-state index contributed by atoms with van der Waals surface area (Å²) in [6.07, 6.45) is 0.399. The van der Waals surface area contributed by atoms with E-state index in [-0.39, 0.29) is 30.6 Å². The predicted molar refractivity (Wildman–Crippen MR) is 141 cm³/mol. The third-order valence-corrected chi connectivity index (χ3v) is 6.75. The molecule has 0 aliphatic carbocycles. The molecule has 3 rings (SSSR count). The Morgan fingerprint density at radius 3 is 2.22 bits per heavy atom. The summed E-state index contributed by atoms with van der Waals surface area (Å²) in [7, 11) is 4.55. The van der Waals surface area contributed by atoms with Crippen LogP contribution in [0.2, 0.25) is 0 Å². The Morgan fingerprint density at radius 2 is 1.65 bits per heavy atom. The highest BCUT2D eigenvalue weighted by atomic mass is 16.6. The fourth-order valence-electron chi connectivity index (χ4n) is 4.67. The summed E-state index contributed by atoms with van der Waals surface area (Å²) in [5, 5.41) is 3.17. The number of nitrogens with zero attached hydrogens (tertiary/aromatic N) is 2. The number of amides is 2. The molecule has 9 heteroatoms. The number of benzene rings is 2. The molecule has 1 aliphatic heterocycles. The molecule has 37 heavy (non-hydrogen) atoms. The van der Waals surface area contributed by atoms with E-state index < -0.39 is 0 Å². The largest absolute Gasteiger partial charge is 0.493 e. The Kier molecular flexibility index (Phi) is 10.4. The monoisotopic (exact) mass is 513 g/mol. The number of piperidine rings is 1. The number of ether oxygens (including phenoxy) is 4. The molecule has 1 fully saturated rings. The molecule has 2 atom stereocenters. The summed E-state index contributed by atoms with van der Waals surface area (Å²) in [6.45, 7) is 7.55. The van der Waals surface area contributed by atoms with E-state index in [1.165, 1.54) is 26.9 Å². The van der Waals surface area contributed by atoms with Gasteiger partial charge in [0.1, 0.15) is 0 Å². The van der Waals surface area contributed by atoms with Crippen LogP contribution >= 0.6 is 0 Å². The summed E-state index contributed by atoms with van der Waals surface area (Å²) in [4.78, 5) is 29.8. The van der Waals surface area contributed by atoms with Gasteiger partial charge in [0.25, 0.3) is 5.91 Å². The second-order valence-electron chi connectivity index (χ2n) is 9.01. The number of carbonyl (C=O) groups excluding carboxylic acids is 2. The van der Waals surface area contributed by atoms with Gasteiger partial charge in [-0.1, -0.05) is 30.3 Å². The van der Waals surface area contributed by atoms with Gasteiger partial charge in [-0.15, -0.1) is 0 Å². The topological polar surface area (TPSA) is 89.6 Å².